The van der Waals surface area contributed by atoms with E-state index in [9.17, 15) is 23.2 Å². The highest BCUT2D eigenvalue weighted by molar-refractivity contribution is 6.07. The fourth-order valence-electron chi connectivity index (χ4n) is 4.79. The molecule has 2 fully saturated rings. The number of benzene rings is 1. The van der Waals surface area contributed by atoms with E-state index in [1.807, 2.05) is 0 Å². The summed E-state index contributed by atoms with van der Waals surface area (Å²) in [5.41, 5.74) is 6.23. The van der Waals surface area contributed by atoms with Gasteiger partial charge in [-0.25, -0.2) is 8.78 Å². The molecule has 0 radical (unpaired) electrons. The second-order valence-corrected chi connectivity index (χ2v) is 9.58. The van der Waals surface area contributed by atoms with Gasteiger partial charge >= 0.3 is 0 Å². The number of pyridine rings is 1. The summed E-state index contributed by atoms with van der Waals surface area (Å²) in [6, 6.07) is 7.17. The number of carbonyl (C=O) groups excluding carboxylic acids is 3. The van der Waals surface area contributed by atoms with E-state index in [4.69, 9.17) is 15.7 Å². The molecule has 0 spiro atoms. The molecule has 0 bridgehead atoms. The van der Waals surface area contributed by atoms with Crippen LogP contribution >= 0.6 is 0 Å². The number of amides is 3. The van der Waals surface area contributed by atoms with Crippen LogP contribution in [0.3, 0.4) is 0 Å². The van der Waals surface area contributed by atoms with Crippen LogP contribution in [0.15, 0.2) is 30.5 Å². The molecule has 39 heavy (non-hydrogen) atoms. The summed E-state index contributed by atoms with van der Waals surface area (Å²) < 4.78 is 33.2. The number of hydrogen-bond acceptors (Lipinski definition) is 8. The third-order valence-corrected chi connectivity index (χ3v) is 6.88. The van der Waals surface area contributed by atoms with Crippen molar-refractivity contribution in [1.82, 2.24) is 25.0 Å². The molecule has 0 saturated carbocycles. The second kappa shape index (κ2) is 12.3. The molecule has 2 aliphatic rings. The van der Waals surface area contributed by atoms with Crippen molar-refractivity contribution in [2.45, 2.75) is 24.8 Å². The minimum atomic E-state index is -3.13. The number of hydrogen-bond donors (Lipinski definition) is 2. The predicted octanol–water partition coefficient (Wildman–Crippen LogP) is 0.596. The number of aromatic nitrogens is 1. The summed E-state index contributed by atoms with van der Waals surface area (Å²) >= 11 is 0. The fraction of sp³-hybridized carbons (Fsp3) is 0.500. The smallest absolute Gasteiger partial charge is 0.268 e. The van der Waals surface area contributed by atoms with Crippen LogP contribution in [0.1, 0.15) is 23.2 Å². The number of nitrogens with two attached hydrogens (primary N) is 1. The largest absolute Gasteiger partial charge is 0.494 e. The maximum Gasteiger partial charge on any atom is 0.268 e. The van der Waals surface area contributed by atoms with Gasteiger partial charge in [-0.1, -0.05) is 0 Å². The van der Waals surface area contributed by atoms with Crippen LogP contribution in [-0.2, 0) is 9.59 Å². The number of fused-ring (bicyclic) bond motifs is 1. The van der Waals surface area contributed by atoms with Crippen LogP contribution in [0.2, 0.25) is 0 Å². The van der Waals surface area contributed by atoms with E-state index in [-0.39, 0.29) is 18.0 Å². The highest BCUT2D eigenvalue weighted by Crippen LogP contribution is 2.31. The van der Waals surface area contributed by atoms with E-state index in [0.29, 0.717) is 36.3 Å². The van der Waals surface area contributed by atoms with E-state index in [1.165, 1.54) is 12.3 Å². The summed E-state index contributed by atoms with van der Waals surface area (Å²) in [6.07, 6.45) is 1.52. The van der Waals surface area contributed by atoms with Gasteiger partial charge in [0.1, 0.15) is 11.8 Å². The van der Waals surface area contributed by atoms with Gasteiger partial charge in [-0.15, -0.1) is 0 Å². The zero-order valence-corrected chi connectivity index (χ0v) is 21.4. The molecule has 3 heterocycles. The van der Waals surface area contributed by atoms with E-state index in [1.54, 1.807) is 29.2 Å². The summed E-state index contributed by atoms with van der Waals surface area (Å²) in [5.74, 6) is -3.93. The summed E-state index contributed by atoms with van der Waals surface area (Å²) in [5, 5.41) is 12.1. The Morgan fingerprint density at radius 1 is 1.18 bits per heavy atom. The normalized spacial score (nSPS) is 19.1. The van der Waals surface area contributed by atoms with Gasteiger partial charge in [0.15, 0.2) is 0 Å². The Bertz CT molecular complexity index is 1260. The number of piperazine rings is 1. The molecule has 11 nitrogen and oxygen atoms in total. The van der Waals surface area contributed by atoms with Gasteiger partial charge in [-0.05, 0) is 30.7 Å². The van der Waals surface area contributed by atoms with Crippen LogP contribution in [-0.4, -0.2) is 108 Å². The predicted molar refractivity (Wildman–Crippen MR) is 137 cm³/mol. The lowest BCUT2D eigenvalue weighted by Gasteiger charge is -2.34. The van der Waals surface area contributed by atoms with Crippen molar-refractivity contribution in [3.05, 3.63) is 36.0 Å². The maximum atomic E-state index is 13.7. The average Bonchev–Trinajstić information content (AvgIpc) is 3.27. The molecule has 2 aromatic rings. The van der Waals surface area contributed by atoms with Crippen molar-refractivity contribution >= 4 is 28.6 Å². The van der Waals surface area contributed by atoms with Crippen molar-refractivity contribution in [2.75, 3.05) is 59.0 Å². The Kier molecular flexibility index (Phi) is 8.88. The van der Waals surface area contributed by atoms with Crippen molar-refractivity contribution < 1.29 is 27.9 Å². The van der Waals surface area contributed by atoms with E-state index in [2.05, 4.69) is 15.2 Å². The maximum absolute atomic E-state index is 13.7. The number of rotatable bonds is 9. The number of carbonyl (C=O) groups is 3. The Morgan fingerprint density at radius 3 is 2.67 bits per heavy atom. The highest BCUT2D eigenvalue weighted by atomic mass is 19.3. The molecule has 4 rings (SSSR count). The quantitative estimate of drug-likeness (QED) is 0.438. The fourth-order valence-corrected chi connectivity index (χ4v) is 4.79. The first-order valence-electron chi connectivity index (χ1n) is 12.8. The van der Waals surface area contributed by atoms with Gasteiger partial charge in [-0.2, -0.15) is 5.26 Å². The lowest BCUT2D eigenvalue weighted by Crippen LogP contribution is -2.50. The zero-order valence-electron chi connectivity index (χ0n) is 21.4. The van der Waals surface area contributed by atoms with E-state index >= 15 is 0 Å². The van der Waals surface area contributed by atoms with Gasteiger partial charge in [0.25, 0.3) is 11.8 Å². The lowest BCUT2D eigenvalue weighted by molar-refractivity contribution is -0.132. The summed E-state index contributed by atoms with van der Waals surface area (Å²) in [4.78, 5) is 46.1. The molecular formula is C26H31F2N7O4. The van der Waals surface area contributed by atoms with Gasteiger partial charge in [-0.3, -0.25) is 24.3 Å². The standard InChI is InChI=1S/C26H31F2N7O4/c27-26(28)13-18(14-29)35(17-26)24(37)16-32-25(38)20-4-5-31-22-3-2-19(12-21(20)22)39-11-1-6-33-7-9-34(10-8-33)23(36)15-30/h2-5,12,18H,1,6-11,13,15-17,30H2,(H,32,38)/t18-/m0/s1. The molecule has 3 amide bonds. The molecule has 1 aromatic heterocycles. The van der Waals surface area contributed by atoms with Gasteiger partial charge in [0.2, 0.25) is 11.8 Å². The van der Waals surface area contributed by atoms with Gasteiger partial charge in [0.05, 0.1) is 43.4 Å². The SMILES string of the molecule is N#C[C@@H]1CC(F)(F)CN1C(=O)CNC(=O)c1ccnc2ccc(OCCCN3CCN(C(=O)CN)CC3)cc12. The molecule has 0 aliphatic carbocycles. The Morgan fingerprint density at radius 2 is 1.95 bits per heavy atom. The number of nitrogens with one attached hydrogen (secondary N) is 1. The molecular weight excluding hydrogens is 512 g/mol. The van der Waals surface area contributed by atoms with Crippen LogP contribution in [0.4, 0.5) is 8.78 Å². The molecule has 2 aliphatic heterocycles. The molecule has 0 unspecified atom stereocenters. The number of nitriles is 1. The first kappa shape index (κ1) is 28.1. The number of likely N-dealkylation sites (tertiary alicyclic amines) is 1. The Balaban J connectivity index is 1.30. The van der Waals surface area contributed by atoms with Crippen LogP contribution in [0.25, 0.3) is 10.9 Å². The first-order valence-corrected chi connectivity index (χ1v) is 12.8. The lowest BCUT2D eigenvalue weighted by atomic mass is 10.1. The third-order valence-electron chi connectivity index (χ3n) is 6.88. The zero-order chi connectivity index (χ0) is 28.0. The number of nitrogens with zero attached hydrogens (tertiary/aromatic N) is 5. The molecule has 3 N–H and O–H groups in total. The minimum Gasteiger partial charge on any atom is -0.494 e. The molecule has 2 saturated heterocycles. The molecule has 208 valence electrons. The van der Waals surface area contributed by atoms with Crippen LogP contribution < -0.4 is 15.8 Å². The van der Waals surface area contributed by atoms with Gasteiger partial charge < -0.3 is 25.6 Å². The first-order chi connectivity index (χ1) is 18.7. The highest BCUT2D eigenvalue weighted by Gasteiger charge is 2.47. The second-order valence-electron chi connectivity index (χ2n) is 9.58. The van der Waals surface area contributed by atoms with Crippen LogP contribution in [0, 0.1) is 11.3 Å². The summed E-state index contributed by atoms with van der Waals surface area (Å²) in [6.45, 7) is 2.83. The number of ether oxygens (including phenoxy) is 1. The Labute approximate surface area is 224 Å². The summed E-state index contributed by atoms with van der Waals surface area (Å²) in [7, 11) is 0. The van der Waals surface area contributed by atoms with E-state index in [0.717, 1.165) is 31.0 Å². The topological polar surface area (TPSA) is 145 Å². The van der Waals surface area contributed by atoms with Gasteiger partial charge in [0, 0.05) is 50.7 Å². The molecule has 1 atom stereocenters. The Hall–Kier alpha value is -3.89. The minimum absolute atomic E-state index is 0.0273. The molecule has 1 aromatic carbocycles. The average molecular weight is 544 g/mol. The number of halogens is 2. The van der Waals surface area contributed by atoms with E-state index < -0.39 is 43.3 Å². The third kappa shape index (κ3) is 6.96. The molecule has 13 heteroatoms. The van der Waals surface area contributed by atoms with Crippen molar-refractivity contribution in [3.8, 4) is 11.8 Å². The van der Waals surface area contributed by atoms with Crippen molar-refractivity contribution in [1.29, 1.82) is 5.26 Å². The van der Waals surface area contributed by atoms with Crippen LogP contribution in [0.5, 0.6) is 5.75 Å². The number of alkyl halides is 2. The van der Waals surface area contributed by atoms with Crippen molar-refractivity contribution in [3.63, 3.8) is 0 Å². The van der Waals surface area contributed by atoms with Crippen molar-refractivity contribution in [2.24, 2.45) is 5.73 Å². The monoisotopic (exact) mass is 543 g/mol.